The zero-order chi connectivity index (χ0) is 29.0. The molecule has 2 amide bonds. The molecule has 39 heavy (non-hydrogen) atoms. The molecule has 0 spiro atoms. The fourth-order valence-electron chi connectivity index (χ4n) is 3.83. The van der Waals surface area contributed by atoms with E-state index in [1.165, 1.54) is 43.3 Å². The lowest BCUT2D eigenvalue weighted by molar-refractivity contribution is -0.274. The molecule has 2 aromatic carbocycles. The Balaban J connectivity index is 1.69. The number of hydrogen-bond donors (Lipinski definition) is 2. The number of hydrogen-bond acceptors (Lipinski definition) is 7. The number of rotatable bonds is 9. The molecule has 2 atom stereocenters. The molecule has 3 rings (SSSR count). The molecule has 2 aromatic rings. The van der Waals surface area contributed by atoms with Gasteiger partial charge in [0, 0.05) is 27.1 Å². The number of alkyl halides is 3. The number of nitrogens with zero attached hydrogens (tertiary/aromatic N) is 2. The topological polar surface area (TPSA) is 143 Å². The van der Waals surface area contributed by atoms with Gasteiger partial charge in [0.1, 0.15) is 23.6 Å². The highest BCUT2D eigenvalue weighted by atomic mass is 32.2. The molecule has 0 saturated carbocycles. The monoisotopic (exact) mass is 573 g/mol. The molecule has 1 aliphatic heterocycles. The third-order valence-electron chi connectivity index (χ3n) is 5.72. The van der Waals surface area contributed by atoms with Crippen LogP contribution >= 0.6 is 0 Å². The zero-order valence-corrected chi connectivity index (χ0v) is 21.7. The minimum absolute atomic E-state index is 0.0356. The van der Waals surface area contributed by atoms with Crippen molar-refractivity contribution in [2.45, 2.75) is 42.6 Å². The van der Waals surface area contributed by atoms with Gasteiger partial charge < -0.3 is 24.8 Å². The third kappa shape index (κ3) is 7.83. The summed E-state index contributed by atoms with van der Waals surface area (Å²) in [7, 11) is -1.26. The van der Waals surface area contributed by atoms with Crippen LogP contribution < -0.4 is 14.8 Å². The maximum atomic E-state index is 13.1. The second-order valence-corrected chi connectivity index (χ2v) is 10.7. The maximum absolute atomic E-state index is 13.1. The maximum Gasteiger partial charge on any atom is 0.573 e. The quantitative estimate of drug-likeness (QED) is 0.466. The van der Waals surface area contributed by atoms with Crippen molar-refractivity contribution in [3.8, 4) is 11.5 Å². The van der Waals surface area contributed by atoms with Gasteiger partial charge in [-0.1, -0.05) is 12.1 Å². The number of amides is 2. The number of sulfonamides is 1. The Morgan fingerprint density at radius 3 is 2.21 bits per heavy atom. The van der Waals surface area contributed by atoms with Gasteiger partial charge in [-0.15, -0.1) is 13.2 Å². The summed E-state index contributed by atoms with van der Waals surface area (Å²) in [4.78, 5) is 37.4. The first kappa shape index (κ1) is 29.7. The number of carboxylic acid groups (broad SMARTS) is 1. The molecule has 212 valence electrons. The summed E-state index contributed by atoms with van der Waals surface area (Å²) in [6, 6.07) is 6.94. The number of ether oxygens (including phenoxy) is 2. The second kappa shape index (κ2) is 11.9. The van der Waals surface area contributed by atoms with Gasteiger partial charge in [-0.05, 0) is 54.8 Å². The number of halogens is 3. The van der Waals surface area contributed by atoms with Gasteiger partial charge in [0.2, 0.25) is 15.9 Å². The molecule has 0 radical (unpaired) electrons. The molecule has 0 unspecified atom stereocenters. The Kier molecular flexibility index (Phi) is 9.07. The first-order chi connectivity index (χ1) is 18.2. The van der Waals surface area contributed by atoms with Gasteiger partial charge in [-0.25, -0.2) is 18.0 Å². The van der Waals surface area contributed by atoms with Crippen LogP contribution in [-0.4, -0.2) is 79.8 Å². The summed E-state index contributed by atoms with van der Waals surface area (Å²) in [6.45, 7) is -0.0356. The summed E-state index contributed by atoms with van der Waals surface area (Å²) in [6.07, 6.45) is -5.24. The molecule has 0 bridgehead atoms. The van der Waals surface area contributed by atoms with E-state index in [0.717, 1.165) is 28.6 Å². The van der Waals surface area contributed by atoms with E-state index >= 15 is 0 Å². The molecule has 2 N–H and O–H groups in total. The Labute approximate surface area is 222 Å². The molecule has 1 fully saturated rings. The van der Waals surface area contributed by atoms with Crippen LogP contribution in [0, 0.1) is 0 Å². The van der Waals surface area contributed by atoms with Crippen molar-refractivity contribution in [3.05, 3.63) is 54.1 Å². The summed E-state index contributed by atoms with van der Waals surface area (Å²) >= 11 is 0. The van der Waals surface area contributed by atoms with Crippen molar-refractivity contribution in [1.29, 1.82) is 0 Å². The molecule has 0 aliphatic carbocycles. The van der Waals surface area contributed by atoms with Crippen LogP contribution in [0.15, 0.2) is 53.4 Å². The summed E-state index contributed by atoms with van der Waals surface area (Å²) < 4.78 is 73.2. The third-order valence-corrected chi connectivity index (χ3v) is 7.64. The van der Waals surface area contributed by atoms with Gasteiger partial charge in [0.05, 0.1) is 4.90 Å². The summed E-state index contributed by atoms with van der Waals surface area (Å²) in [5.41, 5.74) is 0.504. The SMILES string of the molecule is CN(C)C(=O)Oc1ccc(C[C@H](NC(=O)[C@@H]2CCCN2S(=O)(=O)c2ccc(OC(F)(F)F)cc2)C(=O)O)cc1. The molecule has 1 aliphatic rings. The van der Waals surface area contributed by atoms with Crippen molar-refractivity contribution < 1.29 is 50.6 Å². The van der Waals surface area contributed by atoms with Crippen LogP contribution in [0.25, 0.3) is 0 Å². The minimum Gasteiger partial charge on any atom is -0.480 e. The molecular weight excluding hydrogens is 547 g/mol. The highest BCUT2D eigenvalue weighted by molar-refractivity contribution is 7.89. The van der Waals surface area contributed by atoms with Crippen molar-refractivity contribution >= 4 is 28.0 Å². The van der Waals surface area contributed by atoms with E-state index in [0.29, 0.717) is 12.0 Å². The highest BCUT2D eigenvalue weighted by Gasteiger charge is 2.40. The first-order valence-corrected chi connectivity index (χ1v) is 13.0. The van der Waals surface area contributed by atoms with E-state index < -0.39 is 52.2 Å². The van der Waals surface area contributed by atoms with E-state index in [4.69, 9.17) is 4.74 Å². The molecule has 0 aromatic heterocycles. The standard InChI is InChI=1S/C24H26F3N3O8S/c1-29(2)23(34)37-16-7-5-15(6-8-16)14-19(22(32)33)28-21(31)20-4-3-13-30(20)39(35,36)18-11-9-17(10-12-18)38-24(25,26)27/h5-12,19-20H,3-4,13-14H2,1-2H3,(H,28,31)(H,32,33)/t19-,20-/m0/s1. The predicted molar refractivity (Wildman–Crippen MR) is 129 cm³/mol. The Bertz CT molecular complexity index is 1300. The average Bonchev–Trinajstić information content (AvgIpc) is 3.35. The van der Waals surface area contributed by atoms with Crippen molar-refractivity contribution in [3.63, 3.8) is 0 Å². The Hall–Kier alpha value is -3.85. The fraction of sp³-hybridized carbons (Fsp3) is 0.375. The van der Waals surface area contributed by atoms with Crippen LogP contribution in [0.3, 0.4) is 0 Å². The normalized spacial score (nSPS) is 16.8. The number of nitrogens with one attached hydrogen (secondary N) is 1. The fourth-order valence-corrected chi connectivity index (χ4v) is 5.48. The van der Waals surface area contributed by atoms with Gasteiger partial charge in [0.25, 0.3) is 0 Å². The van der Waals surface area contributed by atoms with E-state index in [1.54, 1.807) is 0 Å². The van der Waals surface area contributed by atoms with Crippen molar-refractivity contribution in [2.24, 2.45) is 0 Å². The van der Waals surface area contributed by atoms with Gasteiger partial charge in [0.15, 0.2) is 0 Å². The van der Waals surface area contributed by atoms with Gasteiger partial charge >= 0.3 is 18.4 Å². The average molecular weight is 574 g/mol. The van der Waals surface area contributed by atoms with Gasteiger partial charge in [-0.2, -0.15) is 4.31 Å². The molecule has 11 nitrogen and oxygen atoms in total. The molecule has 15 heteroatoms. The zero-order valence-electron chi connectivity index (χ0n) is 20.8. The smallest absolute Gasteiger partial charge is 0.480 e. The lowest BCUT2D eigenvalue weighted by Gasteiger charge is -2.25. The van der Waals surface area contributed by atoms with Crippen LogP contribution in [0.4, 0.5) is 18.0 Å². The van der Waals surface area contributed by atoms with E-state index in [2.05, 4.69) is 10.1 Å². The second-order valence-electron chi connectivity index (χ2n) is 8.80. The number of carbonyl (C=O) groups is 3. The lowest BCUT2D eigenvalue weighted by Crippen LogP contribution is -2.51. The number of carbonyl (C=O) groups excluding carboxylic acids is 2. The first-order valence-electron chi connectivity index (χ1n) is 11.6. The Morgan fingerprint density at radius 2 is 1.67 bits per heavy atom. The number of carboxylic acids is 1. The minimum atomic E-state index is -4.94. The Morgan fingerprint density at radius 1 is 1.08 bits per heavy atom. The number of benzene rings is 2. The van der Waals surface area contributed by atoms with E-state index in [-0.39, 0.29) is 30.0 Å². The van der Waals surface area contributed by atoms with Crippen LogP contribution in [0.2, 0.25) is 0 Å². The van der Waals surface area contributed by atoms with Crippen LogP contribution in [-0.2, 0) is 26.0 Å². The van der Waals surface area contributed by atoms with Crippen LogP contribution in [0.5, 0.6) is 11.5 Å². The molecule has 1 heterocycles. The lowest BCUT2D eigenvalue weighted by atomic mass is 10.1. The van der Waals surface area contributed by atoms with E-state index in [1.807, 2.05) is 0 Å². The highest BCUT2D eigenvalue weighted by Crippen LogP contribution is 2.29. The summed E-state index contributed by atoms with van der Waals surface area (Å²) in [5, 5.41) is 12.0. The molecular formula is C24H26F3N3O8S. The van der Waals surface area contributed by atoms with Gasteiger partial charge in [-0.3, -0.25) is 4.79 Å². The van der Waals surface area contributed by atoms with E-state index in [9.17, 15) is 41.1 Å². The van der Waals surface area contributed by atoms with Crippen molar-refractivity contribution in [2.75, 3.05) is 20.6 Å². The number of aliphatic carboxylic acids is 1. The largest absolute Gasteiger partial charge is 0.573 e. The van der Waals surface area contributed by atoms with Crippen LogP contribution in [0.1, 0.15) is 18.4 Å². The summed E-state index contributed by atoms with van der Waals surface area (Å²) in [5.74, 6) is -2.54. The van der Waals surface area contributed by atoms with Crippen molar-refractivity contribution in [1.82, 2.24) is 14.5 Å². The predicted octanol–water partition coefficient (Wildman–Crippen LogP) is 2.61. The molecule has 1 saturated heterocycles.